The van der Waals surface area contributed by atoms with E-state index in [2.05, 4.69) is 17.2 Å². The Balaban J connectivity index is 1.96. The van der Waals surface area contributed by atoms with Crippen LogP contribution in [0.25, 0.3) is 0 Å². The summed E-state index contributed by atoms with van der Waals surface area (Å²) in [6, 6.07) is 6.40. The number of benzene rings is 1. The molecule has 0 spiro atoms. The molecule has 2 unspecified atom stereocenters. The Bertz CT molecular complexity index is 504. The van der Waals surface area contributed by atoms with E-state index in [4.69, 9.17) is 0 Å². The van der Waals surface area contributed by atoms with Crippen molar-refractivity contribution in [2.24, 2.45) is 0 Å². The van der Waals surface area contributed by atoms with Crippen molar-refractivity contribution in [1.29, 1.82) is 0 Å². The molecule has 0 saturated heterocycles. The van der Waals surface area contributed by atoms with Gasteiger partial charge in [0.1, 0.15) is 10.8 Å². The molecule has 1 aromatic carbocycles. The summed E-state index contributed by atoms with van der Waals surface area (Å²) >= 11 is 1.58. The lowest BCUT2D eigenvalue weighted by Crippen LogP contribution is -2.26. The van der Waals surface area contributed by atoms with Crippen LogP contribution < -0.4 is 5.32 Å². The summed E-state index contributed by atoms with van der Waals surface area (Å²) in [5.74, 6) is -0.376. The number of aliphatic hydroxyl groups is 1. The van der Waals surface area contributed by atoms with Gasteiger partial charge in [-0.3, -0.25) is 0 Å². The average Bonchev–Trinajstić information content (AvgIpc) is 2.94. The van der Waals surface area contributed by atoms with Crippen LogP contribution in [-0.4, -0.2) is 16.6 Å². The van der Waals surface area contributed by atoms with E-state index in [0.717, 1.165) is 11.4 Å². The van der Waals surface area contributed by atoms with Crippen molar-refractivity contribution in [3.8, 4) is 0 Å². The fraction of sp³-hybridized carbons (Fsp3) is 0.357. The molecule has 0 aliphatic rings. The average molecular weight is 280 g/mol. The third-order valence-electron chi connectivity index (χ3n) is 2.98. The van der Waals surface area contributed by atoms with Crippen LogP contribution in [-0.2, 0) is 0 Å². The Labute approximate surface area is 116 Å². The van der Waals surface area contributed by atoms with Gasteiger partial charge in [0.2, 0.25) is 0 Å². The van der Waals surface area contributed by atoms with Crippen molar-refractivity contribution in [3.63, 3.8) is 0 Å². The highest BCUT2D eigenvalue weighted by atomic mass is 32.1. The second-order valence-corrected chi connectivity index (χ2v) is 5.20. The molecule has 0 aliphatic heterocycles. The minimum absolute atomic E-state index is 0.0985. The molecule has 1 heterocycles. The van der Waals surface area contributed by atoms with Crippen molar-refractivity contribution < 1.29 is 9.50 Å². The molecule has 3 nitrogen and oxygen atoms in total. The smallest absolute Gasteiger partial charge is 0.129 e. The molecule has 1 aromatic heterocycles. The summed E-state index contributed by atoms with van der Waals surface area (Å²) in [5, 5.41) is 16.2. The van der Waals surface area contributed by atoms with Crippen LogP contribution in [0.1, 0.15) is 36.1 Å². The van der Waals surface area contributed by atoms with Crippen LogP contribution in [0.3, 0.4) is 0 Å². The first-order chi connectivity index (χ1) is 9.22. The van der Waals surface area contributed by atoms with E-state index in [1.165, 1.54) is 6.07 Å². The van der Waals surface area contributed by atoms with Gasteiger partial charge in [0.05, 0.1) is 12.1 Å². The van der Waals surface area contributed by atoms with Gasteiger partial charge < -0.3 is 10.4 Å². The standard InChI is InChI=1S/C14H17FN2OS/c1-2-12(14-16-7-8-19-14)17-9-13(18)10-5-3-4-6-11(10)15/h3-8,12-13,17-18H,2,9H2,1H3. The van der Waals surface area contributed by atoms with Crippen molar-refractivity contribution in [1.82, 2.24) is 10.3 Å². The van der Waals surface area contributed by atoms with Gasteiger partial charge in [0.15, 0.2) is 0 Å². The zero-order chi connectivity index (χ0) is 13.7. The molecule has 19 heavy (non-hydrogen) atoms. The molecule has 5 heteroatoms. The predicted molar refractivity (Wildman–Crippen MR) is 74.5 cm³/mol. The minimum Gasteiger partial charge on any atom is -0.387 e. The number of aliphatic hydroxyl groups excluding tert-OH is 1. The SMILES string of the molecule is CCC(NCC(O)c1ccccc1F)c1nccs1. The van der Waals surface area contributed by atoms with Crippen LogP contribution in [0, 0.1) is 5.82 Å². The number of thiazole rings is 1. The first-order valence-electron chi connectivity index (χ1n) is 6.27. The number of halogens is 1. The molecule has 0 aliphatic carbocycles. The zero-order valence-corrected chi connectivity index (χ0v) is 11.5. The van der Waals surface area contributed by atoms with Gasteiger partial charge in [-0.25, -0.2) is 9.37 Å². The monoisotopic (exact) mass is 280 g/mol. The van der Waals surface area contributed by atoms with E-state index in [1.54, 1.807) is 35.7 Å². The third kappa shape index (κ3) is 3.59. The fourth-order valence-electron chi connectivity index (χ4n) is 1.92. The summed E-state index contributed by atoms with van der Waals surface area (Å²) < 4.78 is 13.5. The Morgan fingerprint density at radius 1 is 1.42 bits per heavy atom. The van der Waals surface area contributed by atoms with E-state index < -0.39 is 6.10 Å². The quantitative estimate of drug-likeness (QED) is 0.855. The molecule has 2 aromatic rings. The highest BCUT2D eigenvalue weighted by molar-refractivity contribution is 7.09. The van der Waals surface area contributed by atoms with E-state index in [9.17, 15) is 9.50 Å². The highest BCUT2D eigenvalue weighted by Gasteiger charge is 2.16. The van der Waals surface area contributed by atoms with Crippen LogP contribution in [0.5, 0.6) is 0 Å². The molecule has 2 atom stereocenters. The lowest BCUT2D eigenvalue weighted by Gasteiger charge is -2.18. The number of aromatic nitrogens is 1. The molecule has 0 amide bonds. The van der Waals surface area contributed by atoms with E-state index in [0.29, 0.717) is 12.1 Å². The van der Waals surface area contributed by atoms with Gasteiger partial charge in [0, 0.05) is 23.7 Å². The van der Waals surface area contributed by atoms with Crippen LogP contribution in [0.2, 0.25) is 0 Å². The van der Waals surface area contributed by atoms with E-state index in [-0.39, 0.29) is 11.9 Å². The molecule has 0 saturated carbocycles. The van der Waals surface area contributed by atoms with Crippen molar-refractivity contribution >= 4 is 11.3 Å². The summed E-state index contributed by atoms with van der Waals surface area (Å²) in [6.45, 7) is 2.35. The van der Waals surface area contributed by atoms with Gasteiger partial charge in [-0.05, 0) is 12.5 Å². The van der Waals surface area contributed by atoms with E-state index in [1.807, 2.05) is 5.38 Å². The molecule has 0 radical (unpaired) electrons. The van der Waals surface area contributed by atoms with E-state index >= 15 is 0 Å². The predicted octanol–water partition coefficient (Wildman–Crippen LogP) is 3.06. The lowest BCUT2D eigenvalue weighted by molar-refractivity contribution is 0.165. The Morgan fingerprint density at radius 2 is 2.21 bits per heavy atom. The minimum atomic E-state index is -0.852. The number of hydrogen-bond acceptors (Lipinski definition) is 4. The van der Waals surface area contributed by atoms with Gasteiger partial charge in [-0.2, -0.15) is 0 Å². The summed E-state index contributed by atoms with van der Waals surface area (Å²) in [6.07, 6.45) is 1.78. The van der Waals surface area contributed by atoms with Crippen molar-refractivity contribution in [2.75, 3.05) is 6.54 Å². The number of nitrogens with one attached hydrogen (secondary N) is 1. The molecular weight excluding hydrogens is 263 g/mol. The van der Waals surface area contributed by atoms with Crippen LogP contribution in [0.4, 0.5) is 4.39 Å². The normalized spacial score (nSPS) is 14.3. The third-order valence-corrected chi connectivity index (χ3v) is 3.87. The summed E-state index contributed by atoms with van der Waals surface area (Å²) in [4.78, 5) is 4.26. The van der Waals surface area contributed by atoms with Gasteiger partial charge in [-0.15, -0.1) is 11.3 Å². The molecule has 0 bridgehead atoms. The van der Waals surface area contributed by atoms with Gasteiger partial charge >= 0.3 is 0 Å². The molecule has 2 rings (SSSR count). The maximum absolute atomic E-state index is 13.5. The lowest BCUT2D eigenvalue weighted by atomic mass is 10.1. The second kappa shape index (κ2) is 6.75. The Morgan fingerprint density at radius 3 is 2.84 bits per heavy atom. The second-order valence-electron chi connectivity index (χ2n) is 4.28. The fourth-order valence-corrected chi connectivity index (χ4v) is 2.72. The van der Waals surface area contributed by atoms with Crippen molar-refractivity contribution in [3.05, 3.63) is 52.2 Å². The molecule has 0 fully saturated rings. The molecular formula is C14H17FN2OS. The van der Waals surface area contributed by atoms with Crippen LogP contribution in [0.15, 0.2) is 35.8 Å². The number of hydrogen-bond donors (Lipinski definition) is 2. The van der Waals surface area contributed by atoms with Gasteiger partial charge in [-0.1, -0.05) is 25.1 Å². The maximum atomic E-state index is 13.5. The zero-order valence-electron chi connectivity index (χ0n) is 10.7. The first-order valence-corrected chi connectivity index (χ1v) is 7.15. The van der Waals surface area contributed by atoms with Gasteiger partial charge in [0.25, 0.3) is 0 Å². The van der Waals surface area contributed by atoms with Crippen molar-refractivity contribution in [2.45, 2.75) is 25.5 Å². The Hall–Kier alpha value is -1.30. The highest BCUT2D eigenvalue weighted by Crippen LogP contribution is 2.21. The topological polar surface area (TPSA) is 45.1 Å². The summed E-state index contributed by atoms with van der Waals surface area (Å²) in [5.41, 5.74) is 0.323. The maximum Gasteiger partial charge on any atom is 0.129 e. The largest absolute Gasteiger partial charge is 0.387 e. The summed E-state index contributed by atoms with van der Waals surface area (Å²) in [7, 11) is 0. The number of rotatable bonds is 6. The number of nitrogens with zero attached hydrogens (tertiary/aromatic N) is 1. The van der Waals surface area contributed by atoms with Crippen LogP contribution >= 0.6 is 11.3 Å². The molecule has 2 N–H and O–H groups in total. The first kappa shape index (κ1) is 14.1. The molecule has 102 valence electrons. The Kier molecular flexibility index (Phi) is 5.01.